The maximum atomic E-state index is 13.3. The molecule has 17 nitrogen and oxygen atoms in total. The summed E-state index contributed by atoms with van der Waals surface area (Å²) in [6.45, 7) is 15.6. The van der Waals surface area contributed by atoms with Crippen LogP contribution in [0.15, 0.2) is 156 Å². The fourth-order valence-electron chi connectivity index (χ4n) is 7.67. The van der Waals surface area contributed by atoms with Crippen LogP contribution in [0.2, 0.25) is 5.02 Å². The zero-order valence-corrected chi connectivity index (χ0v) is 44.9. The van der Waals surface area contributed by atoms with Crippen LogP contribution in [0.3, 0.4) is 0 Å². The summed E-state index contributed by atoms with van der Waals surface area (Å²) in [5, 5.41) is 16.3. The number of alkyl halides is 3. The summed E-state index contributed by atoms with van der Waals surface area (Å²) < 4.78 is 69.4. The number of hydrogen-bond acceptors (Lipinski definition) is 14. The molecule has 10 rings (SSSR count). The summed E-state index contributed by atoms with van der Waals surface area (Å²) >= 11 is 6.00. The number of nitrogens with one attached hydrogen (secondary N) is 3. The average molecular weight is 1100 g/mol. The smallest absolute Gasteiger partial charge is 0.405 e. The molecule has 79 heavy (non-hydrogen) atoms. The van der Waals surface area contributed by atoms with Crippen LogP contribution in [0.1, 0.15) is 57.7 Å². The highest BCUT2D eigenvalue weighted by atomic mass is 35.5. The summed E-state index contributed by atoms with van der Waals surface area (Å²) in [4.78, 5) is 47.3. The molecule has 0 unspecified atom stereocenters. The summed E-state index contributed by atoms with van der Waals surface area (Å²) in [5.41, 5.74) is 4.13. The first-order chi connectivity index (χ1) is 38.2. The van der Waals surface area contributed by atoms with Crippen molar-refractivity contribution in [1.82, 2.24) is 38.6 Å². The maximum absolute atomic E-state index is 13.3. The van der Waals surface area contributed by atoms with E-state index in [1.54, 1.807) is 113 Å². The molecule has 0 saturated heterocycles. The number of nitrogens with zero attached hydrogens (tertiary/aromatic N) is 10. The minimum atomic E-state index is -4.48. The molecule has 0 atom stereocenters. The standard InChI is InChI=1S/C26H23FN6O2.C25H20ClF3N6O2.C3H8.C2H6.CHN/c1-3-32-16-29-24-23(32)25(34)31-26(33(24)15-18-6-4-17(2)5-7-18)30-19-8-10-20(11-9-19)35-21-12-13-28-22(27)14-21;26-17-6-4-16(5-7-17)13-35-22-21(34(15-31-22)14-25(27,28)29)23(36)33-24(35)32-18-8-10-19(11-9-18)37-20-3-1-2-12-30-20;1-3-2;2*1-2/h4-14,16H,3,15H2,1-2H3,(H,30,31,34);1-12,31H,13-15H2,(H,32,33,36);3H2,1-2H3;1-2H3;1H. The van der Waals surface area contributed by atoms with Gasteiger partial charge in [-0.2, -0.15) is 27.5 Å². The predicted molar refractivity (Wildman–Crippen MR) is 301 cm³/mol. The fraction of sp³-hybridized carbons (Fsp3) is 0.228. The third kappa shape index (κ3) is 16.1. The van der Waals surface area contributed by atoms with Crippen molar-refractivity contribution < 1.29 is 27.0 Å². The molecule has 3 N–H and O–H groups in total. The van der Waals surface area contributed by atoms with Gasteiger partial charge in [-0.3, -0.25) is 18.7 Å². The Kier molecular flexibility index (Phi) is 21.0. The van der Waals surface area contributed by atoms with E-state index in [1.165, 1.54) is 24.2 Å². The number of pyridine rings is 2. The van der Waals surface area contributed by atoms with Crippen molar-refractivity contribution in [2.45, 2.75) is 73.8 Å². The van der Waals surface area contributed by atoms with Gasteiger partial charge in [0.1, 0.15) is 35.3 Å². The Balaban J connectivity index is 0.000000230. The monoisotopic (exact) mass is 1100 g/mol. The van der Waals surface area contributed by atoms with Crippen LogP contribution < -0.4 is 41.4 Å². The second kappa shape index (κ2) is 28.2. The van der Waals surface area contributed by atoms with Crippen molar-refractivity contribution in [3.63, 3.8) is 0 Å². The molecule has 0 radical (unpaired) electrons. The van der Waals surface area contributed by atoms with Gasteiger partial charge in [0.2, 0.25) is 23.7 Å². The molecule has 1 aliphatic rings. The number of hydrogen-bond donors (Lipinski definition) is 3. The largest absolute Gasteiger partial charge is 0.457 e. The normalized spacial score (nSPS) is 11.2. The number of nitriles is 1. The SMILES string of the molecule is C#N.CC.CCC.CCn1cnc2c1c(=O)nc(Nc1ccc(Oc3ccnc(F)c3)cc1)n2Cc1ccc(C)cc1.O=c1nc(Nc2ccc(Oc3ccccn3)cc2)n(Cc2ccc(Cl)cc2)c2c1N(CC(F)(F)F)CN2. The van der Waals surface area contributed by atoms with Crippen molar-refractivity contribution in [3.05, 3.63) is 194 Å². The minimum Gasteiger partial charge on any atom is -0.457 e. The van der Waals surface area contributed by atoms with Gasteiger partial charge in [0.05, 0.1) is 26.1 Å². The van der Waals surface area contributed by atoms with Crippen LogP contribution >= 0.6 is 11.6 Å². The Labute approximate surface area is 458 Å². The summed E-state index contributed by atoms with van der Waals surface area (Å²) in [5.74, 6) is 2.06. The number of aryl methyl sites for hydroxylation is 2. The van der Waals surface area contributed by atoms with E-state index in [9.17, 15) is 27.2 Å². The van der Waals surface area contributed by atoms with E-state index in [1.807, 2.05) is 62.6 Å². The lowest BCUT2D eigenvalue weighted by Gasteiger charge is -2.20. The van der Waals surface area contributed by atoms with Gasteiger partial charge in [-0.05, 0) is 97.8 Å². The van der Waals surface area contributed by atoms with Crippen LogP contribution in [0.5, 0.6) is 23.1 Å². The first-order valence-electron chi connectivity index (χ1n) is 25.0. The van der Waals surface area contributed by atoms with E-state index in [-0.39, 0.29) is 36.2 Å². The van der Waals surface area contributed by atoms with E-state index >= 15 is 0 Å². The summed E-state index contributed by atoms with van der Waals surface area (Å²) in [7, 11) is 0. The average Bonchev–Trinajstić information content (AvgIpc) is 4.20. The third-order valence-corrected chi connectivity index (χ3v) is 11.3. The van der Waals surface area contributed by atoms with Crippen LogP contribution in [-0.2, 0) is 19.6 Å². The second-order valence-corrected chi connectivity index (χ2v) is 17.4. The topological polar surface area (TPSA) is 195 Å². The Morgan fingerprint density at radius 2 is 1.28 bits per heavy atom. The number of halogens is 5. The van der Waals surface area contributed by atoms with Crippen LogP contribution in [0.4, 0.5) is 52.3 Å². The molecule has 0 saturated carbocycles. The molecule has 5 aromatic heterocycles. The predicted octanol–water partition coefficient (Wildman–Crippen LogP) is 13.2. The highest BCUT2D eigenvalue weighted by Crippen LogP contribution is 2.34. The number of rotatable bonds is 14. The Morgan fingerprint density at radius 3 is 1.85 bits per heavy atom. The summed E-state index contributed by atoms with van der Waals surface area (Å²) in [6, 6.07) is 37.3. The number of ether oxygens (including phenoxy) is 2. The minimum absolute atomic E-state index is 0.129. The van der Waals surface area contributed by atoms with Gasteiger partial charge in [-0.1, -0.05) is 93.7 Å². The summed E-state index contributed by atoms with van der Waals surface area (Å²) in [6.07, 6.45) is 1.40. The number of imidazole rings is 1. The molecule has 22 heteroatoms. The zero-order chi connectivity index (χ0) is 57.1. The molecule has 0 amide bonds. The lowest BCUT2D eigenvalue weighted by molar-refractivity contribution is -0.119. The lowest BCUT2D eigenvalue weighted by atomic mass is 10.1. The molecular weight excluding hydrogens is 1040 g/mol. The molecule has 0 fully saturated rings. The van der Waals surface area contributed by atoms with E-state index in [0.717, 1.165) is 16.0 Å². The highest BCUT2D eigenvalue weighted by Gasteiger charge is 2.37. The van der Waals surface area contributed by atoms with E-state index in [0.29, 0.717) is 69.7 Å². The lowest BCUT2D eigenvalue weighted by Crippen LogP contribution is -2.36. The number of anilines is 6. The zero-order valence-electron chi connectivity index (χ0n) is 44.2. The first-order valence-corrected chi connectivity index (χ1v) is 25.4. The number of aromatic nitrogens is 8. The van der Waals surface area contributed by atoms with E-state index < -0.39 is 24.2 Å². The number of benzene rings is 4. The molecule has 1 aliphatic heterocycles. The number of fused-ring (bicyclic) bond motifs is 2. The second-order valence-electron chi connectivity index (χ2n) is 17.0. The molecule has 9 aromatic rings. The molecule has 0 spiro atoms. The molecule has 4 aromatic carbocycles. The van der Waals surface area contributed by atoms with Crippen molar-refractivity contribution in [1.29, 1.82) is 5.26 Å². The van der Waals surface area contributed by atoms with Crippen LogP contribution in [0, 0.1) is 24.7 Å². The van der Waals surface area contributed by atoms with Crippen LogP contribution in [-0.4, -0.2) is 58.0 Å². The molecule has 6 heterocycles. The van der Waals surface area contributed by atoms with Gasteiger partial charge in [0.15, 0.2) is 11.2 Å². The van der Waals surface area contributed by atoms with Crippen molar-refractivity contribution in [2.24, 2.45) is 0 Å². The Morgan fingerprint density at radius 1 is 0.709 bits per heavy atom. The Bertz CT molecular complexity index is 3520. The molecular formula is C57H58ClF4N13O4. The Hall–Kier alpha value is -9.29. The molecule has 410 valence electrons. The molecule has 0 aliphatic carbocycles. The van der Waals surface area contributed by atoms with Crippen molar-refractivity contribution >= 4 is 57.5 Å². The van der Waals surface area contributed by atoms with Gasteiger partial charge in [0.25, 0.3) is 5.56 Å². The van der Waals surface area contributed by atoms with Gasteiger partial charge in [-0.15, -0.1) is 0 Å². The highest BCUT2D eigenvalue weighted by molar-refractivity contribution is 6.30. The van der Waals surface area contributed by atoms with Crippen LogP contribution in [0.25, 0.3) is 11.2 Å². The van der Waals surface area contributed by atoms with E-state index in [4.69, 9.17) is 26.3 Å². The third-order valence-electron chi connectivity index (χ3n) is 11.1. The van der Waals surface area contributed by atoms with E-state index in [2.05, 4.69) is 61.3 Å². The van der Waals surface area contributed by atoms with Gasteiger partial charge in [0, 0.05) is 54.0 Å². The maximum Gasteiger partial charge on any atom is 0.405 e. The molecule has 0 bridgehead atoms. The van der Waals surface area contributed by atoms with Crippen molar-refractivity contribution in [3.8, 4) is 29.7 Å². The van der Waals surface area contributed by atoms with Crippen molar-refractivity contribution in [2.75, 3.05) is 34.1 Å². The van der Waals surface area contributed by atoms with Gasteiger partial charge >= 0.3 is 11.7 Å². The fourth-order valence-corrected chi connectivity index (χ4v) is 7.80. The van der Waals surface area contributed by atoms with Gasteiger partial charge < -0.3 is 34.9 Å². The van der Waals surface area contributed by atoms with Gasteiger partial charge in [-0.25, -0.2) is 20.2 Å². The first kappa shape index (κ1) is 59.0. The quantitative estimate of drug-likeness (QED) is 0.0687.